The van der Waals surface area contributed by atoms with Gasteiger partial charge in [0.05, 0.1) is 18.7 Å². The number of hydrogen-bond donors (Lipinski definition) is 1. The molecule has 30 heavy (non-hydrogen) atoms. The highest BCUT2D eigenvalue weighted by Crippen LogP contribution is 2.32. The van der Waals surface area contributed by atoms with Gasteiger partial charge in [0, 0.05) is 34.1 Å². The number of methoxy groups -OCH3 is 1. The number of amides is 2. The molecule has 8 heteroatoms. The number of thiazole rings is 1. The van der Waals surface area contributed by atoms with Crippen LogP contribution in [-0.4, -0.2) is 30.5 Å². The lowest BCUT2D eigenvalue weighted by Gasteiger charge is -2.16. The second-order valence-corrected chi connectivity index (χ2v) is 8.66. The number of aryl methyl sites for hydroxylation is 1. The third kappa shape index (κ3) is 4.17. The van der Waals surface area contributed by atoms with Crippen molar-refractivity contribution < 1.29 is 14.3 Å². The van der Waals surface area contributed by atoms with Gasteiger partial charge < -0.3 is 15.0 Å². The summed E-state index contributed by atoms with van der Waals surface area (Å²) >= 11 is 7.37. The lowest BCUT2D eigenvalue weighted by molar-refractivity contribution is -0.122. The van der Waals surface area contributed by atoms with Gasteiger partial charge in [-0.25, -0.2) is 4.98 Å². The Kier molecular flexibility index (Phi) is 5.74. The van der Waals surface area contributed by atoms with Crippen LogP contribution in [-0.2, 0) is 9.59 Å². The van der Waals surface area contributed by atoms with Crippen LogP contribution in [0.25, 0.3) is 11.3 Å². The van der Waals surface area contributed by atoms with Gasteiger partial charge in [-0.2, -0.15) is 0 Å². The number of nitrogens with zero attached hydrogens (tertiary/aromatic N) is 2. The first-order chi connectivity index (χ1) is 14.4. The molecule has 3 aromatic rings. The van der Waals surface area contributed by atoms with Gasteiger partial charge in [-0.15, -0.1) is 11.3 Å². The molecule has 2 aromatic carbocycles. The summed E-state index contributed by atoms with van der Waals surface area (Å²) in [7, 11) is 1.59. The first-order valence-corrected chi connectivity index (χ1v) is 10.6. The van der Waals surface area contributed by atoms with E-state index < -0.39 is 5.92 Å². The number of ether oxygens (including phenoxy) is 1. The Morgan fingerprint density at radius 1 is 1.20 bits per heavy atom. The molecular weight excluding hydrogens is 422 g/mol. The average Bonchev–Trinajstić information content (AvgIpc) is 3.31. The summed E-state index contributed by atoms with van der Waals surface area (Å²) in [6.07, 6.45) is 0.173. The Labute approximate surface area is 183 Å². The minimum Gasteiger partial charge on any atom is -0.497 e. The summed E-state index contributed by atoms with van der Waals surface area (Å²) in [5, 5.41) is 4.07. The Balaban J connectivity index is 1.45. The highest BCUT2D eigenvalue weighted by Gasteiger charge is 2.35. The standard InChI is InChI=1S/C22H20ClN3O3S/c1-13-20(14-3-5-16(23)6-4-14)24-22(30-13)25-21(28)15-11-19(27)26(12-15)17-7-9-18(29-2)10-8-17/h3-10,15H,11-12H2,1-2H3,(H,24,25,28)/t15-/m0/s1. The molecule has 1 aliphatic rings. The van der Waals surface area contributed by atoms with Gasteiger partial charge in [0.1, 0.15) is 5.75 Å². The van der Waals surface area contributed by atoms with Gasteiger partial charge in [0.2, 0.25) is 11.8 Å². The molecule has 0 saturated carbocycles. The summed E-state index contributed by atoms with van der Waals surface area (Å²) in [4.78, 5) is 32.4. The van der Waals surface area contributed by atoms with Gasteiger partial charge in [0.25, 0.3) is 0 Å². The first kappa shape index (κ1) is 20.4. The predicted molar refractivity (Wildman–Crippen MR) is 119 cm³/mol. The number of aromatic nitrogens is 1. The van der Waals surface area contributed by atoms with Gasteiger partial charge in [-0.1, -0.05) is 23.7 Å². The van der Waals surface area contributed by atoms with E-state index in [1.54, 1.807) is 24.1 Å². The smallest absolute Gasteiger partial charge is 0.231 e. The molecule has 1 aromatic heterocycles. The molecule has 0 aliphatic carbocycles. The molecule has 1 fully saturated rings. The molecule has 1 atom stereocenters. The number of anilines is 2. The number of rotatable bonds is 5. The molecule has 1 N–H and O–H groups in total. The molecule has 2 heterocycles. The zero-order valence-corrected chi connectivity index (χ0v) is 18.1. The Morgan fingerprint density at radius 3 is 2.57 bits per heavy atom. The van der Waals surface area contributed by atoms with Crippen LogP contribution in [0.15, 0.2) is 48.5 Å². The highest BCUT2D eigenvalue weighted by atomic mass is 35.5. The van der Waals surface area contributed by atoms with Crippen LogP contribution in [0, 0.1) is 12.8 Å². The minimum absolute atomic E-state index is 0.0718. The van der Waals surface area contributed by atoms with E-state index >= 15 is 0 Å². The van der Waals surface area contributed by atoms with Gasteiger partial charge in [0.15, 0.2) is 5.13 Å². The molecule has 0 bridgehead atoms. The zero-order valence-electron chi connectivity index (χ0n) is 16.5. The van der Waals surface area contributed by atoms with Crippen LogP contribution in [0.4, 0.5) is 10.8 Å². The van der Waals surface area contributed by atoms with E-state index in [2.05, 4.69) is 10.3 Å². The van der Waals surface area contributed by atoms with E-state index in [4.69, 9.17) is 16.3 Å². The molecule has 0 radical (unpaired) electrons. The second kappa shape index (κ2) is 8.45. The number of carbonyl (C=O) groups is 2. The molecule has 0 spiro atoms. The van der Waals surface area contributed by atoms with Crippen molar-refractivity contribution >= 4 is 45.6 Å². The molecule has 0 unspecified atom stereocenters. The van der Waals surface area contributed by atoms with Crippen molar-refractivity contribution in [2.24, 2.45) is 5.92 Å². The van der Waals surface area contributed by atoms with Crippen LogP contribution in [0.5, 0.6) is 5.75 Å². The monoisotopic (exact) mass is 441 g/mol. The van der Waals surface area contributed by atoms with E-state index in [1.807, 2.05) is 43.3 Å². The quantitative estimate of drug-likeness (QED) is 0.619. The normalized spacial score (nSPS) is 16.0. The fourth-order valence-corrected chi connectivity index (χ4v) is 4.39. The summed E-state index contributed by atoms with van der Waals surface area (Å²) in [6.45, 7) is 2.30. The van der Waals surface area contributed by atoms with Gasteiger partial charge in [-0.05, 0) is 43.3 Å². The maximum absolute atomic E-state index is 12.8. The largest absolute Gasteiger partial charge is 0.497 e. The van der Waals surface area contributed by atoms with E-state index in [0.29, 0.717) is 16.7 Å². The topological polar surface area (TPSA) is 71.5 Å². The second-order valence-electron chi connectivity index (χ2n) is 7.02. The number of benzene rings is 2. The lowest BCUT2D eigenvalue weighted by Crippen LogP contribution is -2.28. The molecular formula is C22H20ClN3O3S. The molecule has 4 rings (SSSR count). The fraction of sp³-hybridized carbons (Fsp3) is 0.227. The van der Waals surface area contributed by atoms with Crippen molar-refractivity contribution in [3.8, 4) is 17.0 Å². The Morgan fingerprint density at radius 2 is 1.90 bits per heavy atom. The van der Waals surface area contributed by atoms with Crippen LogP contribution in [0.3, 0.4) is 0 Å². The van der Waals surface area contributed by atoms with E-state index in [9.17, 15) is 9.59 Å². The maximum Gasteiger partial charge on any atom is 0.231 e. The van der Waals surface area contributed by atoms with E-state index in [0.717, 1.165) is 27.6 Å². The average molecular weight is 442 g/mol. The van der Waals surface area contributed by atoms with Crippen molar-refractivity contribution in [2.75, 3.05) is 23.9 Å². The zero-order chi connectivity index (χ0) is 21.3. The lowest BCUT2D eigenvalue weighted by atomic mass is 10.1. The first-order valence-electron chi connectivity index (χ1n) is 9.43. The van der Waals surface area contributed by atoms with Crippen LogP contribution in [0.1, 0.15) is 11.3 Å². The summed E-state index contributed by atoms with van der Waals surface area (Å²) in [6, 6.07) is 14.7. The molecule has 1 saturated heterocycles. The van der Waals surface area contributed by atoms with Crippen molar-refractivity contribution in [3.63, 3.8) is 0 Å². The molecule has 1 aliphatic heterocycles. The molecule has 154 valence electrons. The SMILES string of the molecule is COc1ccc(N2C[C@@H](C(=O)Nc3nc(-c4ccc(Cl)cc4)c(C)s3)CC2=O)cc1. The van der Waals surface area contributed by atoms with E-state index in [1.165, 1.54) is 11.3 Å². The fourth-order valence-electron chi connectivity index (χ4n) is 3.43. The molecule has 6 nitrogen and oxygen atoms in total. The van der Waals surface area contributed by atoms with E-state index in [-0.39, 0.29) is 18.2 Å². The van der Waals surface area contributed by atoms with Gasteiger partial charge >= 0.3 is 0 Å². The van der Waals surface area contributed by atoms with Crippen molar-refractivity contribution in [1.82, 2.24) is 4.98 Å². The maximum atomic E-state index is 12.8. The number of carbonyl (C=O) groups excluding carboxylic acids is 2. The molecule has 2 amide bonds. The van der Waals surface area contributed by atoms with Crippen LogP contribution < -0.4 is 15.0 Å². The number of halogens is 1. The summed E-state index contributed by atoms with van der Waals surface area (Å²) in [5.74, 6) is 0.0198. The third-order valence-electron chi connectivity index (χ3n) is 5.02. The van der Waals surface area contributed by atoms with Crippen molar-refractivity contribution in [2.45, 2.75) is 13.3 Å². The van der Waals surface area contributed by atoms with Gasteiger partial charge in [-0.3, -0.25) is 9.59 Å². The number of nitrogens with one attached hydrogen (secondary N) is 1. The third-order valence-corrected chi connectivity index (χ3v) is 6.16. The summed E-state index contributed by atoms with van der Waals surface area (Å²) in [5.41, 5.74) is 2.51. The Bertz CT molecular complexity index is 1080. The van der Waals surface area contributed by atoms with Crippen molar-refractivity contribution in [3.05, 3.63) is 58.4 Å². The highest BCUT2D eigenvalue weighted by molar-refractivity contribution is 7.16. The predicted octanol–water partition coefficient (Wildman–Crippen LogP) is 4.77. The van der Waals surface area contributed by atoms with Crippen LogP contribution in [0.2, 0.25) is 5.02 Å². The Hall–Kier alpha value is -2.90. The summed E-state index contributed by atoms with van der Waals surface area (Å²) < 4.78 is 5.15. The van der Waals surface area contributed by atoms with Crippen molar-refractivity contribution in [1.29, 1.82) is 0 Å². The minimum atomic E-state index is -0.428. The number of hydrogen-bond acceptors (Lipinski definition) is 5. The van der Waals surface area contributed by atoms with Crippen LogP contribution >= 0.6 is 22.9 Å².